The Bertz CT molecular complexity index is 1090. The first-order valence-electron chi connectivity index (χ1n) is 9.83. The van der Waals surface area contributed by atoms with Crippen molar-refractivity contribution < 1.29 is 27.2 Å². The fraction of sp³-hybridized carbons (Fsp3) is 0.227. The van der Waals surface area contributed by atoms with E-state index in [2.05, 4.69) is 15.5 Å². The summed E-state index contributed by atoms with van der Waals surface area (Å²) < 4.78 is 48.3. The molecule has 1 aliphatic heterocycles. The number of nitrogens with one attached hydrogen (secondary N) is 1. The largest absolute Gasteiger partial charge is 0.439 e. The number of carbonyl (C=O) groups is 1. The van der Waals surface area contributed by atoms with Gasteiger partial charge in [-0.2, -0.15) is 13.2 Å². The van der Waals surface area contributed by atoms with Crippen LogP contribution in [0, 0.1) is 0 Å². The van der Waals surface area contributed by atoms with E-state index >= 15 is 0 Å². The first-order valence-corrected chi connectivity index (χ1v) is 9.83. The molecule has 1 aromatic carbocycles. The standard InChI is InChI=1S/C22H19F3N4O3/c23-22(24,25)17-4-5-20(26-12-17)32-19-3-1-2-16(11-19)10-15-6-8-29(9-7-15)21(30)28-18-13-27-31-14-18/h1-5,10-14H,6-9H2,(H,28,30). The Morgan fingerprint density at radius 3 is 2.62 bits per heavy atom. The molecule has 166 valence electrons. The lowest BCUT2D eigenvalue weighted by Crippen LogP contribution is -2.39. The van der Waals surface area contributed by atoms with Gasteiger partial charge in [-0.3, -0.25) is 0 Å². The first-order chi connectivity index (χ1) is 15.4. The van der Waals surface area contributed by atoms with Gasteiger partial charge >= 0.3 is 12.2 Å². The first kappa shape index (κ1) is 21.4. The lowest BCUT2D eigenvalue weighted by Gasteiger charge is -2.28. The van der Waals surface area contributed by atoms with Gasteiger partial charge in [0.15, 0.2) is 0 Å². The Kier molecular flexibility index (Phi) is 6.11. The van der Waals surface area contributed by atoms with E-state index in [1.807, 2.05) is 12.1 Å². The van der Waals surface area contributed by atoms with Crippen molar-refractivity contribution in [2.75, 3.05) is 18.4 Å². The molecule has 7 nitrogen and oxygen atoms in total. The molecule has 4 rings (SSSR count). The van der Waals surface area contributed by atoms with Gasteiger partial charge in [-0.15, -0.1) is 0 Å². The molecule has 10 heteroatoms. The smallest absolute Gasteiger partial charge is 0.417 e. The number of alkyl halides is 3. The molecule has 0 atom stereocenters. The molecule has 0 radical (unpaired) electrons. The number of nitrogens with zero attached hydrogens (tertiary/aromatic N) is 3. The number of carbonyl (C=O) groups excluding carboxylic acids is 1. The highest BCUT2D eigenvalue weighted by atomic mass is 19.4. The van der Waals surface area contributed by atoms with Gasteiger partial charge in [0.2, 0.25) is 5.88 Å². The molecule has 3 aromatic rings. The van der Waals surface area contributed by atoms with Crippen LogP contribution in [0.5, 0.6) is 11.6 Å². The number of urea groups is 1. The molecule has 0 unspecified atom stereocenters. The zero-order chi connectivity index (χ0) is 22.6. The number of ether oxygens (including phenoxy) is 1. The van der Waals surface area contributed by atoms with Crippen LogP contribution in [0.3, 0.4) is 0 Å². The quantitative estimate of drug-likeness (QED) is 0.567. The number of hydrogen-bond acceptors (Lipinski definition) is 5. The second kappa shape index (κ2) is 9.13. The second-order valence-corrected chi connectivity index (χ2v) is 7.19. The van der Waals surface area contributed by atoms with Crippen molar-refractivity contribution in [2.45, 2.75) is 19.0 Å². The summed E-state index contributed by atoms with van der Waals surface area (Å²) in [5, 5.41) is 6.27. The summed E-state index contributed by atoms with van der Waals surface area (Å²) in [6, 6.07) is 9.12. The minimum atomic E-state index is -4.44. The van der Waals surface area contributed by atoms with Crippen molar-refractivity contribution in [3.8, 4) is 11.6 Å². The Balaban J connectivity index is 1.35. The number of rotatable bonds is 4. The molecule has 0 saturated carbocycles. The number of piperidine rings is 1. The Morgan fingerprint density at radius 2 is 1.97 bits per heavy atom. The van der Waals surface area contributed by atoms with E-state index in [9.17, 15) is 18.0 Å². The monoisotopic (exact) mass is 444 g/mol. The maximum Gasteiger partial charge on any atom is 0.417 e. The predicted molar refractivity (Wildman–Crippen MR) is 110 cm³/mol. The van der Waals surface area contributed by atoms with Crippen LogP contribution in [-0.2, 0) is 6.18 Å². The van der Waals surface area contributed by atoms with Crippen molar-refractivity contribution in [3.63, 3.8) is 0 Å². The number of aromatic nitrogens is 2. The van der Waals surface area contributed by atoms with E-state index in [0.29, 0.717) is 24.5 Å². The summed E-state index contributed by atoms with van der Waals surface area (Å²) >= 11 is 0. The van der Waals surface area contributed by atoms with Crippen LogP contribution < -0.4 is 10.1 Å². The molecule has 0 spiro atoms. The van der Waals surface area contributed by atoms with Crippen LogP contribution in [0.25, 0.3) is 6.08 Å². The van der Waals surface area contributed by atoms with Crippen molar-refractivity contribution in [3.05, 3.63) is 71.8 Å². The van der Waals surface area contributed by atoms with Crippen molar-refractivity contribution in [1.29, 1.82) is 0 Å². The third kappa shape index (κ3) is 5.45. The third-order valence-corrected chi connectivity index (χ3v) is 4.89. The van der Waals surface area contributed by atoms with Gasteiger partial charge in [0, 0.05) is 25.4 Å². The number of pyridine rings is 1. The third-order valence-electron chi connectivity index (χ3n) is 4.89. The highest BCUT2D eigenvalue weighted by molar-refractivity contribution is 5.89. The molecule has 3 heterocycles. The molecule has 1 fully saturated rings. The van der Waals surface area contributed by atoms with E-state index in [0.717, 1.165) is 30.7 Å². The molecule has 2 aromatic heterocycles. The van der Waals surface area contributed by atoms with Crippen molar-refractivity contribution in [2.24, 2.45) is 0 Å². The molecular formula is C22H19F3N4O3. The van der Waals surface area contributed by atoms with E-state index in [1.165, 1.54) is 24.1 Å². The predicted octanol–water partition coefficient (Wildman–Crippen LogP) is 5.59. The fourth-order valence-corrected chi connectivity index (χ4v) is 3.24. The summed E-state index contributed by atoms with van der Waals surface area (Å²) in [4.78, 5) is 17.7. The lowest BCUT2D eigenvalue weighted by atomic mass is 10.0. The molecule has 0 aliphatic carbocycles. The van der Waals surface area contributed by atoms with Crippen LogP contribution in [0.15, 0.2) is 65.2 Å². The van der Waals surface area contributed by atoms with Gasteiger partial charge in [-0.25, -0.2) is 9.78 Å². The summed E-state index contributed by atoms with van der Waals surface area (Å²) in [5.41, 5.74) is 1.76. The second-order valence-electron chi connectivity index (χ2n) is 7.19. The Morgan fingerprint density at radius 1 is 1.16 bits per heavy atom. The number of likely N-dealkylation sites (tertiary alicyclic amines) is 1. The van der Waals surface area contributed by atoms with Crippen LogP contribution in [0.1, 0.15) is 24.0 Å². The maximum atomic E-state index is 12.7. The topological polar surface area (TPSA) is 80.5 Å². The van der Waals surface area contributed by atoms with Gasteiger partial charge in [0.25, 0.3) is 0 Å². The number of hydrogen-bond donors (Lipinski definition) is 1. The summed E-state index contributed by atoms with van der Waals surface area (Å²) in [6.45, 7) is 1.16. The number of anilines is 1. The molecule has 2 amide bonds. The van der Waals surface area contributed by atoms with Crippen LogP contribution in [-0.4, -0.2) is 34.2 Å². The Hall–Kier alpha value is -3.82. The summed E-state index contributed by atoms with van der Waals surface area (Å²) in [6.07, 6.45) is 2.58. The van der Waals surface area contributed by atoms with Crippen LogP contribution in [0.4, 0.5) is 23.7 Å². The SMILES string of the molecule is O=C(Nc1cnoc1)N1CCC(=Cc2cccc(Oc3ccc(C(F)(F)F)cn3)c2)CC1. The van der Waals surface area contributed by atoms with Gasteiger partial charge in [0.1, 0.15) is 17.7 Å². The Labute approximate surface area is 181 Å². The zero-order valence-corrected chi connectivity index (χ0v) is 16.8. The van der Waals surface area contributed by atoms with Gasteiger partial charge in [0.05, 0.1) is 11.8 Å². The molecule has 32 heavy (non-hydrogen) atoms. The minimum Gasteiger partial charge on any atom is -0.439 e. The van der Waals surface area contributed by atoms with E-state index in [4.69, 9.17) is 9.26 Å². The van der Waals surface area contributed by atoms with E-state index in [1.54, 1.807) is 23.1 Å². The van der Waals surface area contributed by atoms with Gasteiger partial charge in [-0.1, -0.05) is 28.9 Å². The minimum absolute atomic E-state index is 0.0787. The molecule has 1 N–H and O–H groups in total. The molecule has 0 bridgehead atoms. The average molecular weight is 444 g/mol. The molecular weight excluding hydrogens is 425 g/mol. The van der Waals surface area contributed by atoms with Crippen molar-refractivity contribution in [1.82, 2.24) is 15.0 Å². The average Bonchev–Trinajstić information content (AvgIpc) is 3.27. The summed E-state index contributed by atoms with van der Waals surface area (Å²) in [5.74, 6) is 0.548. The molecule has 1 aliphatic rings. The van der Waals surface area contributed by atoms with Crippen LogP contribution in [0.2, 0.25) is 0 Å². The lowest BCUT2D eigenvalue weighted by molar-refractivity contribution is -0.137. The van der Waals surface area contributed by atoms with Gasteiger partial charge < -0.3 is 19.5 Å². The number of amides is 2. The van der Waals surface area contributed by atoms with E-state index < -0.39 is 11.7 Å². The zero-order valence-electron chi connectivity index (χ0n) is 16.8. The highest BCUT2D eigenvalue weighted by Crippen LogP contribution is 2.30. The number of halogens is 3. The highest BCUT2D eigenvalue weighted by Gasteiger charge is 2.30. The van der Waals surface area contributed by atoms with Crippen molar-refractivity contribution >= 4 is 17.8 Å². The fourth-order valence-electron chi connectivity index (χ4n) is 3.24. The van der Waals surface area contributed by atoms with Crippen LogP contribution >= 0.6 is 0 Å². The summed E-state index contributed by atoms with van der Waals surface area (Å²) in [7, 11) is 0. The van der Waals surface area contributed by atoms with Gasteiger partial charge in [-0.05, 0) is 36.6 Å². The van der Waals surface area contributed by atoms with E-state index in [-0.39, 0.29) is 11.9 Å². The maximum absolute atomic E-state index is 12.7. The number of benzene rings is 1. The normalized spacial score (nSPS) is 14.2. The molecule has 1 saturated heterocycles.